The summed E-state index contributed by atoms with van der Waals surface area (Å²) >= 11 is 5.86. The summed E-state index contributed by atoms with van der Waals surface area (Å²) in [7, 11) is -3.66. The quantitative estimate of drug-likeness (QED) is 0.501. The molecule has 1 amide bonds. The number of nitrogens with zero attached hydrogens (tertiary/aromatic N) is 6. The first-order valence-corrected chi connectivity index (χ1v) is 12.3. The van der Waals surface area contributed by atoms with Gasteiger partial charge in [0.05, 0.1) is 5.69 Å². The molecular weight excluding hydrogens is 468 g/mol. The lowest BCUT2D eigenvalue weighted by molar-refractivity contribution is 0.0690. The molecule has 4 rings (SSSR count). The number of benzene rings is 1. The molecule has 33 heavy (non-hydrogen) atoms. The van der Waals surface area contributed by atoms with Crippen molar-refractivity contribution < 1.29 is 17.9 Å². The maximum Gasteiger partial charge on any atom is 0.274 e. The van der Waals surface area contributed by atoms with Crippen LogP contribution in [0.1, 0.15) is 23.1 Å². The summed E-state index contributed by atoms with van der Waals surface area (Å²) < 4.78 is 36.2. The van der Waals surface area contributed by atoms with Crippen molar-refractivity contribution in [2.24, 2.45) is 0 Å². The van der Waals surface area contributed by atoms with Crippen molar-refractivity contribution in [2.45, 2.75) is 32.0 Å². The fourth-order valence-corrected chi connectivity index (χ4v) is 5.28. The van der Waals surface area contributed by atoms with Gasteiger partial charge in [-0.15, -0.1) is 0 Å². The molecule has 0 spiro atoms. The van der Waals surface area contributed by atoms with Gasteiger partial charge in [-0.2, -0.15) is 14.5 Å². The van der Waals surface area contributed by atoms with E-state index in [9.17, 15) is 13.2 Å². The summed E-state index contributed by atoms with van der Waals surface area (Å²) in [5.41, 5.74) is 0.757. The van der Waals surface area contributed by atoms with Crippen molar-refractivity contribution in [3.8, 4) is 5.75 Å². The Hall–Kier alpha value is -2.89. The van der Waals surface area contributed by atoms with Gasteiger partial charge in [0, 0.05) is 50.1 Å². The van der Waals surface area contributed by atoms with Crippen LogP contribution in [-0.4, -0.2) is 69.3 Å². The van der Waals surface area contributed by atoms with E-state index in [-0.39, 0.29) is 49.4 Å². The number of carbonyl (C=O) groups excluding carboxylic acids is 1. The Bertz CT molecular complexity index is 1230. The SMILES string of the molecule is CCn1cc(S(=O)(=O)N2CCN(C(=O)c3ccn(COc4ccc(Cl)cc4)n3)CC2)c(C)n1. The first-order valence-electron chi connectivity index (χ1n) is 10.5. The van der Waals surface area contributed by atoms with Gasteiger partial charge >= 0.3 is 0 Å². The van der Waals surface area contributed by atoms with Crippen LogP contribution in [0.5, 0.6) is 5.75 Å². The van der Waals surface area contributed by atoms with E-state index >= 15 is 0 Å². The Labute approximate surface area is 197 Å². The number of rotatable bonds is 7. The molecule has 0 unspecified atom stereocenters. The fraction of sp³-hybridized carbons (Fsp3) is 0.381. The Morgan fingerprint density at radius 3 is 2.39 bits per heavy atom. The Morgan fingerprint density at radius 2 is 1.76 bits per heavy atom. The second kappa shape index (κ2) is 9.54. The highest BCUT2D eigenvalue weighted by Gasteiger charge is 2.33. The van der Waals surface area contributed by atoms with Crippen LogP contribution in [0.4, 0.5) is 0 Å². The van der Waals surface area contributed by atoms with E-state index in [0.717, 1.165) is 0 Å². The minimum absolute atomic E-state index is 0.145. The highest BCUT2D eigenvalue weighted by atomic mass is 35.5. The molecule has 12 heteroatoms. The Morgan fingerprint density at radius 1 is 1.06 bits per heavy atom. The van der Waals surface area contributed by atoms with Gasteiger partial charge in [-0.3, -0.25) is 9.48 Å². The monoisotopic (exact) mass is 492 g/mol. The number of amides is 1. The van der Waals surface area contributed by atoms with Gasteiger partial charge in [-0.05, 0) is 44.2 Å². The molecule has 1 saturated heterocycles. The molecule has 1 aliphatic rings. The van der Waals surface area contributed by atoms with Crippen molar-refractivity contribution in [2.75, 3.05) is 26.2 Å². The summed E-state index contributed by atoms with van der Waals surface area (Å²) in [6, 6.07) is 8.58. The van der Waals surface area contributed by atoms with Crippen LogP contribution in [0.15, 0.2) is 47.6 Å². The van der Waals surface area contributed by atoms with E-state index in [1.54, 1.807) is 59.2 Å². The van der Waals surface area contributed by atoms with Gasteiger partial charge in [-0.25, -0.2) is 13.1 Å². The second-order valence-electron chi connectivity index (χ2n) is 7.60. The lowest BCUT2D eigenvalue weighted by Crippen LogP contribution is -2.50. The molecule has 1 aliphatic heterocycles. The maximum absolute atomic E-state index is 13.0. The molecule has 3 heterocycles. The maximum atomic E-state index is 13.0. The van der Waals surface area contributed by atoms with Gasteiger partial charge in [-0.1, -0.05) is 11.6 Å². The van der Waals surface area contributed by atoms with Crippen molar-refractivity contribution in [3.63, 3.8) is 0 Å². The molecular formula is C21H25ClN6O4S. The highest BCUT2D eigenvalue weighted by molar-refractivity contribution is 7.89. The number of hydrogen-bond acceptors (Lipinski definition) is 6. The molecule has 1 aromatic carbocycles. The number of halogens is 1. The molecule has 0 atom stereocenters. The first kappa shape index (κ1) is 23.3. The first-order chi connectivity index (χ1) is 15.8. The highest BCUT2D eigenvalue weighted by Crippen LogP contribution is 2.21. The number of sulfonamides is 1. The van der Waals surface area contributed by atoms with Crippen molar-refractivity contribution in [1.82, 2.24) is 28.8 Å². The predicted octanol–water partition coefficient (Wildman–Crippen LogP) is 2.24. The minimum Gasteiger partial charge on any atom is -0.471 e. The summed E-state index contributed by atoms with van der Waals surface area (Å²) in [5, 5.41) is 9.14. The number of aromatic nitrogens is 4. The van der Waals surface area contributed by atoms with Crippen molar-refractivity contribution in [1.29, 1.82) is 0 Å². The average Bonchev–Trinajstić information content (AvgIpc) is 3.45. The van der Waals surface area contributed by atoms with Crippen LogP contribution in [0.2, 0.25) is 5.02 Å². The number of aryl methyl sites for hydroxylation is 2. The minimum atomic E-state index is -3.66. The van der Waals surface area contributed by atoms with E-state index < -0.39 is 10.0 Å². The average molecular weight is 493 g/mol. The van der Waals surface area contributed by atoms with E-state index in [4.69, 9.17) is 16.3 Å². The number of piperazine rings is 1. The number of hydrogen-bond donors (Lipinski definition) is 0. The van der Waals surface area contributed by atoms with Gasteiger partial charge in [0.15, 0.2) is 12.4 Å². The summed E-state index contributed by atoms with van der Waals surface area (Å²) in [6.07, 6.45) is 3.22. The molecule has 0 N–H and O–H groups in total. The van der Waals surface area contributed by atoms with Crippen LogP contribution < -0.4 is 4.74 Å². The molecule has 0 bridgehead atoms. The molecule has 1 fully saturated rings. The summed E-state index contributed by atoms with van der Waals surface area (Å²) in [6.45, 7) is 5.32. The molecule has 0 aliphatic carbocycles. The Kier molecular flexibility index (Phi) is 6.73. The summed E-state index contributed by atoms with van der Waals surface area (Å²) in [5.74, 6) is 0.395. The Balaban J connectivity index is 1.34. The molecule has 3 aromatic rings. The van der Waals surface area contributed by atoms with E-state index in [1.807, 2.05) is 6.92 Å². The second-order valence-corrected chi connectivity index (χ2v) is 9.94. The van der Waals surface area contributed by atoms with E-state index in [2.05, 4.69) is 10.2 Å². The zero-order chi connectivity index (χ0) is 23.6. The van der Waals surface area contributed by atoms with Crippen LogP contribution in [0.25, 0.3) is 0 Å². The molecule has 176 valence electrons. The van der Waals surface area contributed by atoms with Gasteiger partial charge in [0.1, 0.15) is 10.6 Å². The normalized spacial score (nSPS) is 15.1. The summed E-state index contributed by atoms with van der Waals surface area (Å²) in [4.78, 5) is 14.7. The third-order valence-corrected chi connectivity index (χ3v) is 7.66. The fourth-order valence-electron chi connectivity index (χ4n) is 3.57. The molecule has 0 radical (unpaired) electrons. The zero-order valence-electron chi connectivity index (χ0n) is 18.4. The van der Waals surface area contributed by atoms with Crippen LogP contribution in [-0.2, 0) is 23.3 Å². The number of ether oxygens (including phenoxy) is 1. The molecule has 0 saturated carbocycles. The topological polar surface area (TPSA) is 103 Å². The van der Waals surface area contributed by atoms with Crippen LogP contribution in [0.3, 0.4) is 0 Å². The van der Waals surface area contributed by atoms with Gasteiger partial charge in [0.25, 0.3) is 5.91 Å². The number of carbonyl (C=O) groups is 1. The van der Waals surface area contributed by atoms with Crippen molar-refractivity contribution in [3.05, 3.63) is 59.1 Å². The zero-order valence-corrected chi connectivity index (χ0v) is 20.0. The van der Waals surface area contributed by atoms with Crippen molar-refractivity contribution >= 4 is 27.5 Å². The third-order valence-electron chi connectivity index (χ3n) is 5.41. The molecule has 10 nitrogen and oxygen atoms in total. The van der Waals surface area contributed by atoms with Gasteiger partial charge < -0.3 is 9.64 Å². The standard InChI is InChI=1S/C21H25ClN6O4S/c1-3-26-14-20(16(2)23-26)33(30,31)28-12-10-25(11-13-28)21(29)19-8-9-27(24-19)15-32-18-6-4-17(22)5-7-18/h4-9,14H,3,10-13,15H2,1-2H3. The predicted molar refractivity (Wildman–Crippen MR) is 122 cm³/mol. The van der Waals surface area contributed by atoms with E-state index in [1.165, 1.54) is 8.99 Å². The lowest BCUT2D eigenvalue weighted by atomic mass is 10.3. The van der Waals surface area contributed by atoms with Gasteiger partial charge in [0.2, 0.25) is 10.0 Å². The van der Waals surface area contributed by atoms with Crippen LogP contribution >= 0.6 is 11.6 Å². The largest absolute Gasteiger partial charge is 0.471 e. The lowest BCUT2D eigenvalue weighted by Gasteiger charge is -2.33. The van der Waals surface area contributed by atoms with Crippen LogP contribution in [0, 0.1) is 6.92 Å². The molecule has 2 aromatic heterocycles. The smallest absolute Gasteiger partial charge is 0.274 e. The third kappa shape index (κ3) is 5.05. The van der Waals surface area contributed by atoms with E-state index in [0.29, 0.717) is 23.0 Å².